The molecule has 0 bridgehead atoms. The molecule has 1 aromatic heterocycles. The zero-order valence-electron chi connectivity index (χ0n) is 10.6. The number of carbonyl (C=O) groups is 1. The number of hydrogen-bond donors (Lipinski definition) is 0. The second kappa shape index (κ2) is 6.12. The van der Waals surface area contributed by atoms with Gasteiger partial charge in [-0.15, -0.1) is 11.3 Å². The lowest BCUT2D eigenvalue weighted by molar-refractivity contribution is -0.384. The summed E-state index contributed by atoms with van der Waals surface area (Å²) < 4.78 is 4.54. The summed E-state index contributed by atoms with van der Waals surface area (Å²) >= 11 is 1.50. The first-order valence-electron chi connectivity index (χ1n) is 5.70. The van der Waals surface area contributed by atoms with Crippen LogP contribution in [0.15, 0.2) is 41.8 Å². The van der Waals surface area contributed by atoms with Crippen molar-refractivity contribution in [1.82, 2.24) is 0 Å². The summed E-state index contributed by atoms with van der Waals surface area (Å²) in [6, 6.07) is 8.19. The van der Waals surface area contributed by atoms with Gasteiger partial charge >= 0.3 is 5.97 Å². The maximum absolute atomic E-state index is 11.1. The van der Waals surface area contributed by atoms with Crippen LogP contribution in [0.1, 0.15) is 5.56 Å². The summed E-state index contributed by atoms with van der Waals surface area (Å²) in [5.74, 6) is -0.425. The quantitative estimate of drug-likeness (QED) is 0.374. The second-order valence-corrected chi connectivity index (χ2v) is 4.78. The molecule has 1 aromatic carbocycles. The van der Waals surface area contributed by atoms with Gasteiger partial charge in [0.25, 0.3) is 5.69 Å². The highest BCUT2D eigenvalue weighted by Gasteiger charge is 2.08. The molecule has 2 aromatic rings. The summed E-state index contributed by atoms with van der Waals surface area (Å²) in [6.45, 7) is 0. The Morgan fingerprint density at radius 2 is 2.00 bits per heavy atom. The number of rotatable bonds is 4. The summed E-state index contributed by atoms with van der Waals surface area (Å²) in [5.41, 5.74) is 1.79. The Balaban J connectivity index is 2.30. The number of esters is 1. The van der Waals surface area contributed by atoms with Crippen molar-refractivity contribution in [3.63, 3.8) is 0 Å². The predicted octanol–water partition coefficient (Wildman–Crippen LogP) is 3.51. The predicted molar refractivity (Wildman–Crippen MR) is 77.5 cm³/mol. The number of benzene rings is 1. The molecule has 0 saturated heterocycles. The summed E-state index contributed by atoms with van der Waals surface area (Å²) in [6.07, 6.45) is 3.01. The van der Waals surface area contributed by atoms with Crippen LogP contribution in [0.2, 0.25) is 0 Å². The van der Waals surface area contributed by atoms with E-state index in [0.29, 0.717) is 0 Å². The first kappa shape index (κ1) is 14.0. The Morgan fingerprint density at radius 1 is 1.30 bits per heavy atom. The van der Waals surface area contributed by atoms with E-state index in [2.05, 4.69) is 4.74 Å². The van der Waals surface area contributed by atoms with E-state index in [1.54, 1.807) is 18.2 Å². The van der Waals surface area contributed by atoms with E-state index >= 15 is 0 Å². The van der Waals surface area contributed by atoms with E-state index in [1.165, 1.54) is 36.7 Å². The molecule has 102 valence electrons. The van der Waals surface area contributed by atoms with Crippen LogP contribution in [0, 0.1) is 10.1 Å². The molecular formula is C14H11NO4S. The van der Waals surface area contributed by atoms with E-state index in [1.807, 2.05) is 11.4 Å². The van der Waals surface area contributed by atoms with E-state index in [4.69, 9.17) is 0 Å². The zero-order valence-corrected chi connectivity index (χ0v) is 11.4. The van der Waals surface area contributed by atoms with E-state index < -0.39 is 10.9 Å². The molecule has 0 radical (unpaired) electrons. The topological polar surface area (TPSA) is 69.4 Å². The standard InChI is InChI=1S/C14H11NO4S/c1-19-13(16)7-4-11-8-9-20-14(11)10-2-5-12(6-3-10)15(17)18/h2-9H,1H3/b7-4+. The number of non-ortho nitro benzene ring substituents is 1. The van der Waals surface area contributed by atoms with Crippen molar-refractivity contribution >= 4 is 29.1 Å². The smallest absolute Gasteiger partial charge is 0.330 e. The van der Waals surface area contributed by atoms with Crippen molar-refractivity contribution in [3.8, 4) is 10.4 Å². The summed E-state index contributed by atoms with van der Waals surface area (Å²) in [5, 5.41) is 12.5. The van der Waals surface area contributed by atoms with E-state index in [-0.39, 0.29) is 5.69 Å². The maximum atomic E-state index is 11.1. The van der Waals surface area contributed by atoms with Crippen LogP contribution in [0.3, 0.4) is 0 Å². The van der Waals surface area contributed by atoms with Crippen molar-refractivity contribution in [2.24, 2.45) is 0 Å². The molecule has 1 heterocycles. The van der Waals surface area contributed by atoms with Crippen molar-refractivity contribution < 1.29 is 14.5 Å². The third kappa shape index (κ3) is 3.10. The molecule has 0 aliphatic heterocycles. The van der Waals surface area contributed by atoms with Gasteiger partial charge in [0, 0.05) is 23.1 Å². The molecule has 0 aliphatic carbocycles. The lowest BCUT2D eigenvalue weighted by Crippen LogP contribution is -1.93. The highest BCUT2D eigenvalue weighted by atomic mass is 32.1. The fourth-order valence-electron chi connectivity index (χ4n) is 1.65. The van der Waals surface area contributed by atoms with Gasteiger partial charge in [-0.2, -0.15) is 0 Å². The van der Waals surface area contributed by atoms with Gasteiger partial charge in [0.1, 0.15) is 0 Å². The Hall–Kier alpha value is -2.47. The van der Waals surface area contributed by atoms with Crippen LogP contribution in [-0.2, 0) is 9.53 Å². The van der Waals surface area contributed by atoms with Crippen molar-refractivity contribution in [2.45, 2.75) is 0 Å². The van der Waals surface area contributed by atoms with Crippen LogP contribution in [0.25, 0.3) is 16.5 Å². The van der Waals surface area contributed by atoms with Crippen LogP contribution < -0.4 is 0 Å². The molecule has 20 heavy (non-hydrogen) atoms. The zero-order chi connectivity index (χ0) is 14.5. The van der Waals surface area contributed by atoms with Gasteiger partial charge in [-0.1, -0.05) is 0 Å². The van der Waals surface area contributed by atoms with Gasteiger partial charge in [-0.3, -0.25) is 10.1 Å². The van der Waals surface area contributed by atoms with Gasteiger partial charge in [-0.25, -0.2) is 4.79 Å². The molecule has 0 saturated carbocycles. The minimum absolute atomic E-state index is 0.0527. The molecule has 0 N–H and O–H groups in total. The Kier molecular flexibility index (Phi) is 4.27. The largest absolute Gasteiger partial charge is 0.466 e. The molecule has 0 spiro atoms. The monoisotopic (exact) mass is 289 g/mol. The first-order valence-corrected chi connectivity index (χ1v) is 6.58. The number of nitrogens with zero attached hydrogens (tertiary/aromatic N) is 1. The molecule has 2 rings (SSSR count). The van der Waals surface area contributed by atoms with Crippen molar-refractivity contribution in [2.75, 3.05) is 7.11 Å². The molecule has 0 amide bonds. The number of nitro benzene ring substituents is 1. The van der Waals surface area contributed by atoms with Crippen LogP contribution >= 0.6 is 11.3 Å². The molecule has 6 heteroatoms. The van der Waals surface area contributed by atoms with Gasteiger partial charge in [0.2, 0.25) is 0 Å². The minimum atomic E-state index is -0.434. The van der Waals surface area contributed by atoms with Gasteiger partial charge in [0.05, 0.1) is 12.0 Å². The third-order valence-electron chi connectivity index (χ3n) is 2.64. The van der Waals surface area contributed by atoms with Crippen LogP contribution in [0.4, 0.5) is 5.69 Å². The maximum Gasteiger partial charge on any atom is 0.330 e. The Labute approximate surface area is 119 Å². The number of nitro groups is 1. The fraction of sp³-hybridized carbons (Fsp3) is 0.0714. The Morgan fingerprint density at radius 3 is 2.60 bits per heavy atom. The summed E-state index contributed by atoms with van der Waals surface area (Å²) in [4.78, 5) is 22.2. The number of hydrogen-bond acceptors (Lipinski definition) is 5. The number of methoxy groups -OCH3 is 1. The highest BCUT2D eigenvalue weighted by Crippen LogP contribution is 2.31. The van der Waals surface area contributed by atoms with E-state index in [9.17, 15) is 14.9 Å². The van der Waals surface area contributed by atoms with E-state index in [0.717, 1.165) is 16.0 Å². The average molecular weight is 289 g/mol. The molecule has 0 fully saturated rings. The number of ether oxygens (including phenoxy) is 1. The average Bonchev–Trinajstić information content (AvgIpc) is 2.93. The lowest BCUT2D eigenvalue weighted by Gasteiger charge is -2.00. The summed E-state index contributed by atoms with van der Waals surface area (Å²) in [7, 11) is 1.32. The number of carbonyl (C=O) groups excluding carboxylic acids is 1. The highest BCUT2D eigenvalue weighted by molar-refractivity contribution is 7.13. The Bertz CT molecular complexity index is 658. The van der Waals surface area contributed by atoms with Crippen LogP contribution in [0.5, 0.6) is 0 Å². The second-order valence-electron chi connectivity index (χ2n) is 3.87. The minimum Gasteiger partial charge on any atom is -0.466 e. The molecule has 5 nitrogen and oxygen atoms in total. The molecular weight excluding hydrogens is 278 g/mol. The first-order chi connectivity index (χ1) is 9.61. The lowest BCUT2D eigenvalue weighted by atomic mass is 10.1. The SMILES string of the molecule is COC(=O)/C=C/c1ccsc1-c1ccc([N+](=O)[O-])cc1. The molecule has 0 unspecified atom stereocenters. The van der Waals surface area contributed by atoms with Crippen molar-refractivity contribution in [3.05, 3.63) is 57.5 Å². The van der Waals surface area contributed by atoms with Crippen LogP contribution in [-0.4, -0.2) is 18.0 Å². The normalized spacial score (nSPS) is 10.7. The fourth-order valence-corrected chi connectivity index (χ4v) is 2.54. The van der Waals surface area contributed by atoms with Gasteiger partial charge < -0.3 is 4.74 Å². The van der Waals surface area contributed by atoms with Gasteiger partial charge in [-0.05, 0) is 40.8 Å². The molecule has 0 aliphatic rings. The van der Waals surface area contributed by atoms with Crippen molar-refractivity contribution in [1.29, 1.82) is 0 Å². The van der Waals surface area contributed by atoms with Gasteiger partial charge in [0.15, 0.2) is 0 Å². The third-order valence-corrected chi connectivity index (χ3v) is 3.62. The molecule has 0 atom stereocenters. The number of thiophene rings is 1.